The van der Waals surface area contributed by atoms with Gasteiger partial charge in [0.2, 0.25) is 0 Å². The van der Waals surface area contributed by atoms with E-state index in [9.17, 15) is 9.59 Å². The van der Waals surface area contributed by atoms with Gasteiger partial charge < -0.3 is 14.7 Å². The van der Waals surface area contributed by atoms with Crippen molar-refractivity contribution in [2.45, 2.75) is 38.2 Å². The highest BCUT2D eigenvalue weighted by Crippen LogP contribution is 2.37. The van der Waals surface area contributed by atoms with E-state index in [0.29, 0.717) is 24.9 Å². The van der Waals surface area contributed by atoms with Crippen LogP contribution in [0.1, 0.15) is 40.4 Å². The van der Waals surface area contributed by atoms with Crippen molar-refractivity contribution in [2.75, 3.05) is 13.1 Å². The summed E-state index contributed by atoms with van der Waals surface area (Å²) in [5, 5.41) is 9.16. The summed E-state index contributed by atoms with van der Waals surface area (Å²) in [6.45, 7) is 2.73. The van der Waals surface area contributed by atoms with Crippen molar-refractivity contribution in [1.29, 1.82) is 0 Å². The number of carboxylic acids is 1. The topological polar surface area (TPSA) is 66.8 Å². The van der Waals surface area contributed by atoms with E-state index in [-0.39, 0.29) is 24.5 Å². The highest BCUT2D eigenvalue weighted by atomic mass is 79.9. The van der Waals surface area contributed by atoms with Crippen molar-refractivity contribution < 1.29 is 19.4 Å². The van der Waals surface area contributed by atoms with Gasteiger partial charge in [0.15, 0.2) is 0 Å². The van der Waals surface area contributed by atoms with E-state index in [0.717, 1.165) is 27.8 Å². The molecule has 6 heteroatoms. The average molecular weight is 522 g/mol. The molecule has 5 nitrogen and oxygen atoms in total. The maximum atomic E-state index is 13.4. The van der Waals surface area contributed by atoms with Gasteiger partial charge in [-0.05, 0) is 60.4 Å². The minimum absolute atomic E-state index is 0.0835. The quantitative estimate of drug-likeness (QED) is 0.401. The summed E-state index contributed by atoms with van der Waals surface area (Å²) in [5.41, 5.74) is 3.49. The molecule has 0 fully saturated rings. The van der Waals surface area contributed by atoms with Gasteiger partial charge in [-0.2, -0.15) is 0 Å². The number of benzene rings is 3. The van der Waals surface area contributed by atoms with Crippen LogP contribution >= 0.6 is 15.9 Å². The summed E-state index contributed by atoms with van der Waals surface area (Å²) in [5.74, 6) is -0.261. The number of fused-ring (bicyclic) bond motifs is 1. The molecule has 0 aromatic heterocycles. The Labute approximate surface area is 208 Å². The monoisotopic (exact) mass is 521 g/mol. The highest BCUT2D eigenvalue weighted by molar-refractivity contribution is 9.10. The molecule has 0 bridgehead atoms. The van der Waals surface area contributed by atoms with Crippen LogP contribution in [0.3, 0.4) is 0 Å². The fourth-order valence-corrected chi connectivity index (χ4v) is 4.69. The number of carbonyl (C=O) groups is 2. The van der Waals surface area contributed by atoms with E-state index in [1.165, 1.54) is 5.56 Å². The molecular weight excluding hydrogens is 494 g/mol. The second kappa shape index (κ2) is 10.4. The van der Waals surface area contributed by atoms with Crippen molar-refractivity contribution in [3.8, 4) is 5.75 Å². The summed E-state index contributed by atoms with van der Waals surface area (Å²) >= 11 is 3.47. The Morgan fingerprint density at radius 2 is 1.74 bits per heavy atom. The number of hydrogen-bond acceptors (Lipinski definition) is 3. The largest absolute Gasteiger partial charge is 0.487 e. The van der Waals surface area contributed by atoms with E-state index in [2.05, 4.69) is 35.0 Å². The number of rotatable bonds is 9. The first-order chi connectivity index (χ1) is 16.3. The van der Waals surface area contributed by atoms with Gasteiger partial charge in [-0.1, -0.05) is 58.4 Å². The fourth-order valence-electron chi connectivity index (χ4n) is 4.42. The molecule has 0 aliphatic carbocycles. The lowest BCUT2D eigenvalue weighted by molar-refractivity contribution is -0.137. The van der Waals surface area contributed by atoms with Crippen LogP contribution in [0, 0.1) is 0 Å². The summed E-state index contributed by atoms with van der Waals surface area (Å²) in [7, 11) is 0. The SMILES string of the molecule is C[C@]1(Cc2ccc(Br)cc2)Cc2cc(C(=O)N(CCC(=O)O)CCc3ccccc3)ccc2O1. The van der Waals surface area contributed by atoms with Crippen LogP contribution in [-0.4, -0.2) is 40.6 Å². The van der Waals surface area contributed by atoms with E-state index in [1.54, 1.807) is 11.0 Å². The van der Waals surface area contributed by atoms with Crippen LogP contribution in [0.2, 0.25) is 0 Å². The zero-order valence-electron chi connectivity index (χ0n) is 19.2. The van der Waals surface area contributed by atoms with Crippen LogP contribution in [-0.2, 0) is 24.1 Å². The second-order valence-electron chi connectivity index (χ2n) is 9.03. The molecule has 0 saturated carbocycles. The third-order valence-electron chi connectivity index (χ3n) is 6.12. The van der Waals surface area contributed by atoms with E-state index in [4.69, 9.17) is 9.84 Å². The third-order valence-corrected chi connectivity index (χ3v) is 6.64. The number of carboxylic acid groups (broad SMARTS) is 1. The molecule has 1 aliphatic rings. The molecule has 1 atom stereocenters. The smallest absolute Gasteiger partial charge is 0.305 e. The molecule has 1 amide bonds. The minimum atomic E-state index is -0.913. The van der Waals surface area contributed by atoms with Gasteiger partial charge >= 0.3 is 5.97 Å². The minimum Gasteiger partial charge on any atom is -0.487 e. The van der Waals surface area contributed by atoms with Gasteiger partial charge in [0.25, 0.3) is 5.91 Å². The Balaban J connectivity index is 1.47. The molecule has 1 heterocycles. The number of halogens is 1. The van der Waals surface area contributed by atoms with Crippen molar-refractivity contribution in [3.05, 3.63) is 99.5 Å². The molecular formula is C28H28BrNO4. The zero-order valence-corrected chi connectivity index (χ0v) is 20.8. The number of nitrogens with zero attached hydrogens (tertiary/aromatic N) is 1. The Kier molecular flexibility index (Phi) is 7.37. The van der Waals surface area contributed by atoms with Crippen LogP contribution in [0.4, 0.5) is 0 Å². The maximum absolute atomic E-state index is 13.4. The normalized spacial score (nSPS) is 16.5. The lowest BCUT2D eigenvalue weighted by Crippen LogP contribution is -2.35. The lowest BCUT2D eigenvalue weighted by Gasteiger charge is -2.24. The predicted octanol–water partition coefficient (Wildman–Crippen LogP) is 5.55. The molecule has 0 radical (unpaired) electrons. The van der Waals surface area contributed by atoms with Crippen LogP contribution < -0.4 is 4.74 Å². The van der Waals surface area contributed by atoms with Crippen LogP contribution in [0.25, 0.3) is 0 Å². The van der Waals surface area contributed by atoms with Crippen molar-refractivity contribution in [1.82, 2.24) is 4.90 Å². The van der Waals surface area contributed by atoms with Gasteiger partial charge in [0.05, 0.1) is 6.42 Å². The van der Waals surface area contributed by atoms with Crippen LogP contribution in [0.5, 0.6) is 5.75 Å². The first-order valence-corrected chi connectivity index (χ1v) is 12.2. The molecule has 1 N–H and O–H groups in total. The number of amides is 1. The Bertz CT molecular complexity index is 1160. The molecule has 0 unspecified atom stereocenters. The van der Waals surface area contributed by atoms with E-state index < -0.39 is 5.97 Å². The Hall–Kier alpha value is -3.12. The number of hydrogen-bond donors (Lipinski definition) is 1. The van der Waals surface area contributed by atoms with Crippen LogP contribution in [0.15, 0.2) is 77.3 Å². The van der Waals surface area contributed by atoms with Gasteiger partial charge in [-0.15, -0.1) is 0 Å². The van der Waals surface area contributed by atoms with Crippen molar-refractivity contribution in [2.24, 2.45) is 0 Å². The standard InChI is InChI=1S/C28H28BrNO4/c1-28(18-21-7-10-24(29)11-8-21)19-23-17-22(9-12-25(23)34-28)27(33)30(16-14-26(31)32)15-13-20-5-3-2-4-6-20/h2-12,17H,13-16,18-19H2,1H3,(H,31,32)/t28-/m0/s1. The van der Waals surface area contributed by atoms with Crippen molar-refractivity contribution >= 4 is 27.8 Å². The second-order valence-corrected chi connectivity index (χ2v) is 9.94. The summed E-state index contributed by atoms with van der Waals surface area (Å²) in [6, 6.07) is 23.7. The first-order valence-electron chi connectivity index (χ1n) is 11.4. The lowest BCUT2D eigenvalue weighted by atomic mass is 9.91. The first kappa shape index (κ1) is 24.0. The van der Waals surface area contributed by atoms with Gasteiger partial charge in [0, 0.05) is 36.0 Å². The molecule has 34 heavy (non-hydrogen) atoms. The van der Waals surface area contributed by atoms with E-state index >= 15 is 0 Å². The highest BCUT2D eigenvalue weighted by Gasteiger charge is 2.35. The number of carbonyl (C=O) groups excluding carboxylic acids is 1. The van der Waals surface area contributed by atoms with Gasteiger partial charge in [-0.3, -0.25) is 9.59 Å². The predicted molar refractivity (Wildman–Crippen MR) is 135 cm³/mol. The van der Waals surface area contributed by atoms with Gasteiger partial charge in [0.1, 0.15) is 11.4 Å². The molecule has 0 saturated heterocycles. The summed E-state index contributed by atoms with van der Waals surface area (Å²) < 4.78 is 7.34. The number of ether oxygens (including phenoxy) is 1. The molecule has 0 spiro atoms. The average Bonchev–Trinajstić information content (AvgIpc) is 3.15. The summed E-state index contributed by atoms with van der Waals surface area (Å²) in [6.07, 6.45) is 2.06. The molecule has 3 aromatic rings. The van der Waals surface area contributed by atoms with E-state index in [1.807, 2.05) is 54.6 Å². The van der Waals surface area contributed by atoms with Crippen molar-refractivity contribution in [3.63, 3.8) is 0 Å². The fraction of sp³-hybridized carbons (Fsp3) is 0.286. The van der Waals surface area contributed by atoms with Gasteiger partial charge in [-0.25, -0.2) is 0 Å². The Morgan fingerprint density at radius 1 is 1.00 bits per heavy atom. The number of aliphatic carboxylic acids is 1. The Morgan fingerprint density at radius 3 is 2.44 bits per heavy atom. The molecule has 3 aromatic carbocycles. The summed E-state index contributed by atoms with van der Waals surface area (Å²) in [4.78, 5) is 26.2. The molecule has 1 aliphatic heterocycles. The molecule has 4 rings (SSSR count). The zero-order chi connectivity index (χ0) is 24.1. The third kappa shape index (κ3) is 6.06. The molecule has 176 valence electrons. The maximum Gasteiger partial charge on any atom is 0.305 e.